The molecular weight excluding hydrogens is 851 g/mol. The Morgan fingerprint density at radius 3 is 2.12 bits per heavy atom. The van der Waals surface area contributed by atoms with Crippen LogP contribution in [0.2, 0.25) is 0 Å². The predicted octanol–water partition coefficient (Wildman–Crippen LogP) is 7.20. The Balaban J connectivity index is 1.13. The van der Waals surface area contributed by atoms with Gasteiger partial charge in [-0.15, -0.1) is 0 Å². The van der Waals surface area contributed by atoms with Crippen molar-refractivity contribution in [2.24, 2.45) is 11.8 Å². The van der Waals surface area contributed by atoms with Gasteiger partial charge in [-0.3, -0.25) is 19.5 Å². The maximum atomic E-state index is 14.3. The number of nitrogens with zero attached hydrogens (tertiary/aromatic N) is 2. The van der Waals surface area contributed by atoms with Gasteiger partial charge in [-0.2, -0.15) is 22.7 Å². The molecule has 14 nitrogen and oxygen atoms in total. The molecule has 0 aliphatic heterocycles. The number of aliphatic hydroxyl groups is 2. The van der Waals surface area contributed by atoms with E-state index in [-0.39, 0.29) is 59.3 Å². The summed E-state index contributed by atoms with van der Waals surface area (Å²) in [5.74, 6) is -12.6. The van der Waals surface area contributed by atoms with Crippen LogP contribution in [0.3, 0.4) is 0 Å². The number of anilines is 1. The standard InChI is InChI=1S/C47H57F4N7O7/c1-27-23-33(41(62)53-35-18-20-36(60)21-19-35)15-22-37(27)30-9-5-28(6-10-30)24-38(55-40(61)32-11-7-29(8-12-32)25-52-44(64)65-45(2,3)4)42(63)54-34-16-13-31(14-17-34)39-56-43(58-57-39)47(50,51)46(48,49)26-59/h5-6,9-10,13-17,22-23,29,32,35-36,38,59-60H,7-8,11-12,18-21,24-26H2,1-4H3,(H,52,64)(H,53,62)(H,54,63)(H,55,61)(H,56,57,58)/t29-,32-,35-,36-,38-/m0/s1. The van der Waals surface area contributed by atoms with E-state index in [0.29, 0.717) is 50.6 Å². The van der Waals surface area contributed by atoms with Gasteiger partial charge >= 0.3 is 17.9 Å². The minimum absolute atomic E-state index is 0.0230. The van der Waals surface area contributed by atoms with E-state index in [1.165, 1.54) is 24.3 Å². The van der Waals surface area contributed by atoms with Crippen LogP contribution in [0.1, 0.15) is 99.4 Å². The van der Waals surface area contributed by atoms with Crippen molar-refractivity contribution in [1.82, 2.24) is 31.1 Å². The zero-order chi connectivity index (χ0) is 47.1. The number of hydrogen-bond acceptors (Lipinski definition) is 9. The molecule has 350 valence electrons. The number of aromatic amines is 1. The SMILES string of the molecule is Cc1cc(C(=O)N[C@H]2CC[C@H](O)CC2)ccc1-c1ccc(C[C@H](NC(=O)[C@H]2CC[C@H](CNC(=O)OC(C)(C)C)CC2)C(=O)Nc2ccc(-c3nc(C(F)(F)C(F)(F)CO)n[nH]3)cc2)cc1. The van der Waals surface area contributed by atoms with E-state index in [1.54, 1.807) is 26.8 Å². The average molecular weight is 908 g/mol. The van der Waals surface area contributed by atoms with Crippen LogP contribution in [0.5, 0.6) is 0 Å². The molecule has 2 fully saturated rings. The zero-order valence-corrected chi connectivity index (χ0v) is 36.9. The van der Waals surface area contributed by atoms with Crippen LogP contribution in [0.4, 0.5) is 28.0 Å². The summed E-state index contributed by atoms with van der Waals surface area (Å²) in [4.78, 5) is 56.5. The Bertz CT molecular complexity index is 2280. The molecule has 2 aliphatic rings. The number of carbonyl (C=O) groups is 4. The number of H-pyrrole nitrogens is 1. The van der Waals surface area contributed by atoms with Gasteiger partial charge in [-0.1, -0.05) is 30.3 Å². The molecule has 0 unspecified atom stereocenters. The van der Waals surface area contributed by atoms with Crippen molar-refractivity contribution < 1.29 is 51.7 Å². The molecule has 1 aromatic heterocycles. The first-order valence-corrected chi connectivity index (χ1v) is 21.9. The van der Waals surface area contributed by atoms with E-state index in [0.717, 1.165) is 35.1 Å². The highest BCUT2D eigenvalue weighted by Gasteiger charge is 2.60. The van der Waals surface area contributed by atoms with Gasteiger partial charge in [0.1, 0.15) is 18.2 Å². The van der Waals surface area contributed by atoms with Gasteiger partial charge in [-0.05, 0) is 144 Å². The smallest absolute Gasteiger partial charge is 0.407 e. The summed E-state index contributed by atoms with van der Waals surface area (Å²) < 4.78 is 61.3. The molecule has 4 amide bonds. The molecule has 1 heterocycles. The van der Waals surface area contributed by atoms with Crippen LogP contribution in [0.25, 0.3) is 22.5 Å². The molecule has 1 atom stereocenters. The third-order valence-electron chi connectivity index (χ3n) is 11.9. The summed E-state index contributed by atoms with van der Waals surface area (Å²) in [5.41, 5.74) is 3.82. The number of hydrogen-bond donors (Lipinski definition) is 7. The molecular formula is C47H57F4N7O7. The molecule has 3 aromatic carbocycles. The molecule has 7 N–H and O–H groups in total. The number of benzene rings is 3. The number of aryl methyl sites for hydroxylation is 1. The summed E-state index contributed by atoms with van der Waals surface area (Å²) in [6.45, 7) is 5.59. The van der Waals surface area contributed by atoms with Crippen molar-refractivity contribution in [2.75, 3.05) is 18.5 Å². The van der Waals surface area contributed by atoms with Gasteiger partial charge in [0, 0.05) is 41.7 Å². The molecule has 2 saturated carbocycles. The molecule has 18 heteroatoms. The van der Waals surface area contributed by atoms with Gasteiger partial charge < -0.3 is 36.2 Å². The largest absolute Gasteiger partial charge is 0.444 e. The second-order valence-electron chi connectivity index (χ2n) is 18.1. The van der Waals surface area contributed by atoms with Crippen molar-refractivity contribution in [1.29, 1.82) is 0 Å². The number of nitrogens with one attached hydrogen (secondary N) is 5. The highest BCUT2D eigenvalue weighted by molar-refractivity contribution is 5.98. The zero-order valence-electron chi connectivity index (χ0n) is 36.9. The molecule has 2 aliphatic carbocycles. The number of carbonyl (C=O) groups excluding carboxylic acids is 4. The first kappa shape index (κ1) is 48.6. The lowest BCUT2D eigenvalue weighted by molar-refractivity contribution is -0.236. The molecule has 65 heavy (non-hydrogen) atoms. The summed E-state index contributed by atoms with van der Waals surface area (Å²) in [6, 6.07) is 17.8. The van der Waals surface area contributed by atoms with E-state index in [1.807, 2.05) is 43.3 Å². The number of halogens is 4. The van der Waals surface area contributed by atoms with Crippen molar-refractivity contribution in [2.45, 2.75) is 121 Å². The van der Waals surface area contributed by atoms with E-state index < -0.39 is 47.9 Å². The Kier molecular flexibility index (Phi) is 15.3. The average Bonchev–Trinajstić information content (AvgIpc) is 3.78. The van der Waals surface area contributed by atoms with Crippen LogP contribution in [0, 0.1) is 18.8 Å². The Labute approximate surface area is 374 Å². The maximum absolute atomic E-state index is 14.3. The van der Waals surface area contributed by atoms with Crippen molar-refractivity contribution in [3.8, 4) is 22.5 Å². The lowest BCUT2D eigenvalue weighted by Gasteiger charge is -2.29. The molecule has 0 spiro atoms. The van der Waals surface area contributed by atoms with Crippen LogP contribution < -0.4 is 21.3 Å². The number of rotatable bonds is 15. The molecule has 6 rings (SSSR count). The number of alkyl halides is 4. The second-order valence-corrected chi connectivity index (χ2v) is 18.1. The van der Waals surface area contributed by atoms with Crippen molar-refractivity contribution >= 4 is 29.5 Å². The van der Waals surface area contributed by atoms with Gasteiger partial charge in [0.15, 0.2) is 5.82 Å². The second kappa shape index (κ2) is 20.5. The van der Waals surface area contributed by atoms with Crippen LogP contribution in [-0.4, -0.2) is 92.1 Å². The maximum Gasteiger partial charge on any atom is 0.407 e. The van der Waals surface area contributed by atoms with Gasteiger partial charge in [0.2, 0.25) is 17.6 Å². The number of alkyl carbamates (subject to hydrolysis) is 1. The van der Waals surface area contributed by atoms with Crippen molar-refractivity contribution in [3.63, 3.8) is 0 Å². The molecule has 0 radical (unpaired) electrons. The lowest BCUT2D eigenvalue weighted by Crippen LogP contribution is -2.48. The third kappa shape index (κ3) is 12.7. The Hall–Kier alpha value is -5.88. The fourth-order valence-corrected chi connectivity index (χ4v) is 8.08. The fraction of sp³-hybridized carbons (Fsp3) is 0.489. The number of amides is 4. The Morgan fingerprint density at radius 1 is 0.862 bits per heavy atom. The highest BCUT2D eigenvalue weighted by atomic mass is 19.3. The van der Waals surface area contributed by atoms with E-state index in [4.69, 9.17) is 9.84 Å². The molecule has 0 saturated heterocycles. The van der Waals surface area contributed by atoms with Crippen LogP contribution in [-0.2, 0) is 26.7 Å². The van der Waals surface area contributed by atoms with E-state index in [9.17, 15) is 41.8 Å². The number of aliphatic hydroxyl groups excluding tert-OH is 2. The topological polar surface area (TPSA) is 208 Å². The normalized spacial score (nSPS) is 19.7. The minimum Gasteiger partial charge on any atom is -0.444 e. The van der Waals surface area contributed by atoms with Crippen LogP contribution >= 0.6 is 0 Å². The minimum atomic E-state index is -4.84. The van der Waals surface area contributed by atoms with Gasteiger partial charge in [0.25, 0.3) is 5.91 Å². The summed E-state index contributed by atoms with van der Waals surface area (Å²) in [6.07, 6.45) is 4.55. The summed E-state index contributed by atoms with van der Waals surface area (Å²) in [5, 5.41) is 35.7. The third-order valence-corrected chi connectivity index (χ3v) is 11.9. The van der Waals surface area contributed by atoms with Gasteiger partial charge in [0.05, 0.1) is 6.10 Å². The fourth-order valence-electron chi connectivity index (χ4n) is 8.08. The van der Waals surface area contributed by atoms with Gasteiger partial charge in [-0.25, -0.2) is 9.78 Å². The summed E-state index contributed by atoms with van der Waals surface area (Å²) >= 11 is 0. The number of ether oxygens (including phenoxy) is 1. The number of aromatic nitrogens is 3. The van der Waals surface area contributed by atoms with E-state index in [2.05, 4.69) is 36.4 Å². The Morgan fingerprint density at radius 2 is 1.51 bits per heavy atom. The molecule has 4 aromatic rings. The van der Waals surface area contributed by atoms with Crippen molar-refractivity contribution in [3.05, 3.63) is 89.2 Å². The lowest BCUT2D eigenvalue weighted by atomic mass is 9.81. The highest BCUT2D eigenvalue weighted by Crippen LogP contribution is 2.41. The molecule has 0 bridgehead atoms. The summed E-state index contributed by atoms with van der Waals surface area (Å²) in [7, 11) is 0. The predicted molar refractivity (Wildman–Crippen MR) is 234 cm³/mol. The quantitative estimate of drug-likeness (QED) is 0.0602. The first-order valence-electron chi connectivity index (χ1n) is 21.9. The van der Waals surface area contributed by atoms with E-state index >= 15 is 0 Å². The monoisotopic (exact) mass is 907 g/mol. The first-order chi connectivity index (χ1) is 30.7. The van der Waals surface area contributed by atoms with Crippen LogP contribution in [0.15, 0.2) is 66.7 Å².